The van der Waals surface area contributed by atoms with Gasteiger partial charge in [0.2, 0.25) is 0 Å². The zero-order valence-corrected chi connectivity index (χ0v) is 49.4. The molecule has 0 amide bonds. The van der Waals surface area contributed by atoms with E-state index in [0.717, 1.165) is 49.2 Å². The molecule has 3 aromatic carbocycles. The Morgan fingerprint density at radius 1 is 0.640 bits per heavy atom. The number of aromatic nitrogens is 1. The molecule has 0 spiro atoms. The van der Waals surface area contributed by atoms with E-state index >= 15 is 0 Å². The van der Waals surface area contributed by atoms with Crippen LogP contribution in [0.15, 0.2) is 95.5 Å². The van der Waals surface area contributed by atoms with E-state index in [0.29, 0.717) is 10.8 Å². The quantitative estimate of drug-likeness (QED) is 0.0497. The number of thiophene rings is 3. The Morgan fingerprint density at radius 2 is 1.28 bits per heavy atom. The number of carboxylic acid groups (broad SMARTS) is 1. The molecule has 1 N–H and O–H groups in total. The number of rotatable bonds is 28. The Morgan fingerprint density at radius 3 is 1.96 bits per heavy atom. The number of carbonyl (C=O) groups is 1. The van der Waals surface area contributed by atoms with E-state index in [2.05, 4.69) is 160 Å². The summed E-state index contributed by atoms with van der Waals surface area (Å²) >= 11 is 8.34. The van der Waals surface area contributed by atoms with E-state index in [1.54, 1.807) is 27.0 Å². The van der Waals surface area contributed by atoms with Crippen molar-refractivity contribution in [3.8, 4) is 20.2 Å². The van der Waals surface area contributed by atoms with Gasteiger partial charge < -0.3 is 9.67 Å². The Balaban J connectivity index is 1.07. The van der Waals surface area contributed by atoms with E-state index in [1.165, 1.54) is 172 Å². The minimum atomic E-state index is -0.900. The van der Waals surface area contributed by atoms with Crippen molar-refractivity contribution < 1.29 is 9.90 Å². The summed E-state index contributed by atoms with van der Waals surface area (Å²) in [7, 11) is 0. The number of carboxylic acids is 1. The highest BCUT2D eigenvalue weighted by Crippen LogP contribution is 2.58. The molecule has 396 valence electrons. The zero-order chi connectivity index (χ0) is 52.5. The molecule has 4 aromatic heterocycles. The first-order chi connectivity index (χ1) is 36.6. The third-order valence-electron chi connectivity index (χ3n) is 16.0. The topological polar surface area (TPSA) is 54.6 Å². The van der Waals surface area contributed by atoms with Crippen molar-refractivity contribution in [2.24, 2.45) is 4.99 Å². The molecule has 75 heavy (non-hydrogen) atoms. The Hall–Kier alpha value is -4.47. The Kier molecular flexibility index (Phi) is 19.0. The van der Waals surface area contributed by atoms with Gasteiger partial charge in [0.15, 0.2) is 0 Å². The van der Waals surface area contributed by atoms with Gasteiger partial charge in [-0.2, -0.15) is 0 Å². The van der Waals surface area contributed by atoms with Crippen molar-refractivity contribution >= 4 is 95.9 Å². The maximum absolute atomic E-state index is 11.9. The zero-order valence-electron chi connectivity index (χ0n) is 46.2. The van der Waals surface area contributed by atoms with Crippen molar-refractivity contribution in [2.45, 2.75) is 201 Å². The molecular formula is C67H82N2O2S4. The van der Waals surface area contributed by atoms with Crippen LogP contribution in [0, 0.1) is 0 Å². The lowest BCUT2D eigenvalue weighted by Crippen LogP contribution is -2.24. The summed E-state index contributed by atoms with van der Waals surface area (Å²) in [5.41, 5.74) is 13.1. The first-order valence-electron chi connectivity index (χ1n) is 29.0. The number of aryl methyl sites for hydroxylation is 4. The molecule has 2 aliphatic heterocycles. The highest BCUT2D eigenvalue weighted by atomic mass is 32.2. The molecule has 1 unspecified atom stereocenters. The van der Waals surface area contributed by atoms with E-state index in [-0.39, 0.29) is 5.41 Å². The monoisotopic (exact) mass is 1070 g/mol. The van der Waals surface area contributed by atoms with E-state index in [4.69, 9.17) is 4.99 Å². The van der Waals surface area contributed by atoms with Gasteiger partial charge in [-0.3, -0.25) is 4.99 Å². The average molecular weight is 1080 g/mol. The summed E-state index contributed by atoms with van der Waals surface area (Å²) in [4.78, 5) is 27.3. The molecule has 0 saturated carbocycles. The summed E-state index contributed by atoms with van der Waals surface area (Å²) < 4.78 is 2.48. The number of hydrogen-bond acceptors (Lipinski definition) is 6. The first kappa shape index (κ1) is 55.3. The standard InChI is InChI=1S/C67H82N2O2S4/c1-8-13-17-21-27-45-39-51(35-38-61-67(6,7)54-41-50(66(70)71)33-36-55(54)68-61)72-63(45)58-43-47(29-23-19-15-10-3)65(74-58)60-44-48(30-24-20-16-11-4)64(75-60)59-42-46(28-22-18-14-9-2)62(73-59)49-34-37-57-53(40-49)52-31-25-26-32-56(52)69(57)12-5/h25-26,31-43,60H,8-24,27-30,44H2,1-7H3,(H,70,71). The molecule has 9 rings (SSSR count). The molecule has 8 heteroatoms. The molecule has 6 heterocycles. The summed E-state index contributed by atoms with van der Waals surface area (Å²) in [6.45, 7) is 16.9. The minimum absolute atomic E-state index is 0.313. The SMILES string of the molecule is CCCCCCC1=C(c2cc(CCCCCC)c(-c3ccc4c(c3)c3ccccc3n4CC)s2)SC(c2sc(-c3sc(C=CC4=Nc5ccc(C(=O)O)cc5C4(C)C)cc3CCCCCC)cc2CCCCCC)C1. The summed E-state index contributed by atoms with van der Waals surface area (Å²) in [6.07, 6.45) is 30.5. The lowest BCUT2D eigenvalue weighted by atomic mass is 9.81. The normalized spacial score (nSPS) is 15.4. The molecule has 2 aliphatic rings. The fraction of sp³-hybridized carbons (Fsp3) is 0.463. The first-order valence-corrected chi connectivity index (χ1v) is 32.3. The molecule has 0 radical (unpaired) electrons. The van der Waals surface area contributed by atoms with Crippen molar-refractivity contribution in [3.05, 3.63) is 133 Å². The second kappa shape index (κ2) is 25.8. The molecular weight excluding hydrogens is 993 g/mol. The highest BCUT2D eigenvalue weighted by molar-refractivity contribution is 8.09. The van der Waals surface area contributed by atoms with Gasteiger partial charge in [-0.25, -0.2) is 4.79 Å². The lowest BCUT2D eigenvalue weighted by molar-refractivity contribution is 0.0696. The van der Waals surface area contributed by atoms with Crippen LogP contribution in [0.2, 0.25) is 0 Å². The summed E-state index contributed by atoms with van der Waals surface area (Å²) in [5, 5.41) is 12.9. The second-order valence-corrected chi connectivity index (χ2v) is 26.4. The molecule has 1 atom stereocenters. The number of hydrogen-bond donors (Lipinski definition) is 1. The highest BCUT2D eigenvalue weighted by Gasteiger charge is 2.35. The molecule has 0 aliphatic carbocycles. The fourth-order valence-electron chi connectivity index (χ4n) is 11.7. The van der Waals surface area contributed by atoms with Gasteiger partial charge in [-0.1, -0.05) is 148 Å². The lowest BCUT2D eigenvalue weighted by Gasteiger charge is -2.20. The van der Waals surface area contributed by atoms with E-state index in [1.807, 2.05) is 23.5 Å². The van der Waals surface area contributed by atoms with Crippen LogP contribution in [-0.4, -0.2) is 21.4 Å². The number of thioether (sulfide) groups is 1. The number of unbranched alkanes of at least 4 members (excludes halogenated alkanes) is 12. The number of fused-ring (bicyclic) bond motifs is 4. The molecule has 0 fully saturated rings. The van der Waals surface area contributed by atoms with Crippen molar-refractivity contribution in [1.82, 2.24) is 4.57 Å². The Labute approximate surface area is 465 Å². The summed E-state index contributed by atoms with van der Waals surface area (Å²) in [5.74, 6) is -0.900. The van der Waals surface area contributed by atoms with Crippen LogP contribution in [0.3, 0.4) is 0 Å². The van der Waals surface area contributed by atoms with Gasteiger partial charge in [-0.05, 0) is 159 Å². The average Bonchev–Trinajstić information content (AvgIpc) is 4.31. The number of para-hydroxylation sites is 1. The van der Waals surface area contributed by atoms with Gasteiger partial charge in [-0.15, -0.1) is 45.8 Å². The van der Waals surface area contributed by atoms with Crippen molar-refractivity contribution in [3.63, 3.8) is 0 Å². The van der Waals surface area contributed by atoms with Gasteiger partial charge >= 0.3 is 5.97 Å². The third-order valence-corrected chi connectivity index (χ3v) is 21.6. The fourth-order valence-corrected chi connectivity index (χ4v) is 17.3. The van der Waals surface area contributed by atoms with Crippen LogP contribution in [-0.2, 0) is 31.2 Å². The van der Waals surface area contributed by atoms with E-state index < -0.39 is 5.97 Å². The van der Waals surface area contributed by atoms with Crippen LogP contribution in [0.1, 0.15) is 217 Å². The van der Waals surface area contributed by atoms with E-state index in [9.17, 15) is 9.90 Å². The Bertz CT molecular complexity index is 3180. The maximum Gasteiger partial charge on any atom is 0.335 e. The maximum atomic E-state index is 11.9. The second-order valence-electron chi connectivity index (χ2n) is 21.9. The predicted molar refractivity (Wildman–Crippen MR) is 333 cm³/mol. The molecule has 0 bridgehead atoms. The molecule has 7 aromatic rings. The van der Waals surface area contributed by atoms with Gasteiger partial charge in [0.1, 0.15) is 0 Å². The third kappa shape index (κ3) is 12.5. The molecule has 4 nitrogen and oxygen atoms in total. The number of benzene rings is 3. The number of aliphatic imine (C=N–C) groups is 1. The summed E-state index contributed by atoms with van der Waals surface area (Å²) in [6, 6.07) is 29.4. The van der Waals surface area contributed by atoms with Gasteiger partial charge in [0, 0.05) is 73.2 Å². The number of allylic oxidation sites excluding steroid dienone is 2. The smallest absolute Gasteiger partial charge is 0.335 e. The number of nitrogens with zero attached hydrogens (tertiary/aromatic N) is 2. The van der Waals surface area contributed by atoms with Crippen LogP contribution < -0.4 is 0 Å². The largest absolute Gasteiger partial charge is 0.478 e. The van der Waals surface area contributed by atoms with Gasteiger partial charge in [0.25, 0.3) is 0 Å². The van der Waals surface area contributed by atoms with Crippen LogP contribution >= 0.6 is 45.8 Å². The predicted octanol–water partition coefficient (Wildman–Crippen LogP) is 22.0. The van der Waals surface area contributed by atoms with Crippen molar-refractivity contribution in [2.75, 3.05) is 0 Å². The minimum Gasteiger partial charge on any atom is -0.478 e. The number of aromatic carboxylic acids is 1. The van der Waals surface area contributed by atoms with Crippen LogP contribution in [0.5, 0.6) is 0 Å². The van der Waals surface area contributed by atoms with Gasteiger partial charge in [0.05, 0.1) is 17.0 Å². The van der Waals surface area contributed by atoms with Crippen LogP contribution in [0.25, 0.3) is 53.0 Å². The van der Waals surface area contributed by atoms with Crippen molar-refractivity contribution in [1.29, 1.82) is 0 Å². The molecule has 0 saturated heterocycles. The van der Waals surface area contributed by atoms with Crippen LogP contribution in [0.4, 0.5) is 5.69 Å².